The second-order valence-corrected chi connectivity index (χ2v) is 13.7. The molecule has 248 valence electrons. The van der Waals surface area contributed by atoms with Gasteiger partial charge in [-0.1, -0.05) is 111 Å². The summed E-state index contributed by atoms with van der Waals surface area (Å²) in [5.74, 6) is 1.75. The van der Waals surface area contributed by atoms with E-state index in [1.807, 2.05) is 79.0 Å². The first kappa shape index (κ1) is 31.7. The van der Waals surface area contributed by atoms with E-state index in [0.29, 0.717) is 28.7 Å². The van der Waals surface area contributed by atoms with Gasteiger partial charge < -0.3 is 0 Å². The molecular weight excluding hydrogens is 649 g/mol. The normalized spacial score (nSPS) is 12.5. The first-order valence-corrected chi connectivity index (χ1v) is 17.4. The van der Waals surface area contributed by atoms with E-state index in [1.165, 1.54) is 0 Å². The van der Waals surface area contributed by atoms with Gasteiger partial charge in [0.2, 0.25) is 0 Å². The molecule has 0 amide bonds. The molecule has 0 unspecified atom stereocenters. The van der Waals surface area contributed by atoms with Gasteiger partial charge in [0.25, 0.3) is 0 Å². The van der Waals surface area contributed by atoms with Crippen LogP contribution in [0.2, 0.25) is 0 Å². The van der Waals surface area contributed by atoms with Crippen molar-refractivity contribution in [1.82, 2.24) is 19.9 Å². The largest absolute Gasteiger partial charge is 0.256 e. The van der Waals surface area contributed by atoms with Gasteiger partial charge in [0, 0.05) is 44.8 Å². The number of pyridine rings is 1. The monoisotopic (exact) mass is 678 g/mol. The molecule has 0 saturated heterocycles. The SMILES string of the molecule is [C-]#[N+]c1cc(C#N)cc2c1-c1ccc(-c3cc(-c4nc(-c5ccccc5)nc(-c5ccccc5)n4)cc(-c4cccc5cccnc45)c3)cc1C2(C)C. The Morgan fingerprint density at radius 2 is 1.21 bits per heavy atom. The first-order chi connectivity index (χ1) is 25.9. The molecule has 2 heterocycles. The maximum absolute atomic E-state index is 9.77. The summed E-state index contributed by atoms with van der Waals surface area (Å²) in [6.07, 6.45) is 1.83. The summed E-state index contributed by atoms with van der Waals surface area (Å²) in [4.78, 5) is 23.7. The van der Waals surface area contributed by atoms with Crippen LogP contribution in [-0.2, 0) is 5.41 Å². The van der Waals surface area contributed by atoms with Crippen molar-refractivity contribution in [2.45, 2.75) is 19.3 Å². The average Bonchev–Trinajstić information content (AvgIpc) is 3.45. The molecule has 9 rings (SSSR count). The Morgan fingerprint density at radius 3 is 1.89 bits per heavy atom. The first-order valence-electron chi connectivity index (χ1n) is 17.4. The zero-order valence-electron chi connectivity index (χ0n) is 29.0. The van der Waals surface area contributed by atoms with Crippen LogP contribution >= 0.6 is 0 Å². The highest BCUT2D eigenvalue weighted by atomic mass is 15.0. The highest BCUT2D eigenvalue weighted by molar-refractivity contribution is 5.96. The molecule has 53 heavy (non-hydrogen) atoms. The van der Waals surface area contributed by atoms with Gasteiger partial charge in [-0.05, 0) is 81.4 Å². The van der Waals surface area contributed by atoms with E-state index in [0.717, 1.165) is 72.1 Å². The Morgan fingerprint density at radius 1 is 0.566 bits per heavy atom. The van der Waals surface area contributed by atoms with Crippen LogP contribution in [0.25, 0.3) is 83.3 Å². The van der Waals surface area contributed by atoms with Crippen LogP contribution in [0.4, 0.5) is 5.69 Å². The Hall–Kier alpha value is -7.28. The summed E-state index contributed by atoms with van der Waals surface area (Å²) in [6.45, 7) is 12.3. The van der Waals surface area contributed by atoms with Crippen molar-refractivity contribution in [3.05, 3.63) is 174 Å². The third-order valence-corrected chi connectivity index (χ3v) is 10.2. The minimum Gasteiger partial charge on any atom is -0.256 e. The number of nitrogens with zero attached hydrogens (tertiary/aromatic N) is 6. The molecule has 6 aromatic carbocycles. The zero-order chi connectivity index (χ0) is 36.1. The topological polar surface area (TPSA) is 79.7 Å². The number of aromatic nitrogens is 4. The number of fused-ring (bicyclic) bond motifs is 4. The van der Waals surface area contributed by atoms with Crippen molar-refractivity contribution in [3.63, 3.8) is 0 Å². The number of hydrogen-bond donors (Lipinski definition) is 0. The second kappa shape index (κ2) is 12.5. The molecule has 1 aliphatic carbocycles. The number of rotatable bonds is 5. The van der Waals surface area contributed by atoms with Gasteiger partial charge in [-0.3, -0.25) is 4.98 Å². The molecule has 0 saturated carbocycles. The smallest absolute Gasteiger partial charge is 0.196 e. The van der Waals surface area contributed by atoms with Crippen LogP contribution in [0.15, 0.2) is 146 Å². The minimum absolute atomic E-state index is 0.420. The Labute approximate surface area is 307 Å². The summed E-state index contributed by atoms with van der Waals surface area (Å²) in [6, 6.07) is 49.1. The van der Waals surface area contributed by atoms with E-state index in [1.54, 1.807) is 6.07 Å². The summed E-state index contributed by atoms with van der Waals surface area (Å²) in [5.41, 5.74) is 12.2. The lowest BCUT2D eigenvalue weighted by atomic mass is 9.81. The van der Waals surface area contributed by atoms with Crippen LogP contribution in [0.5, 0.6) is 0 Å². The highest BCUT2D eigenvalue weighted by Crippen LogP contribution is 2.53. The van der Waals surface area contributed by atoms with E-state index < -0.39 is 5.41 Å². The second-order valence-electron chi connectivity index (χ2n) is 13.7. The van der Waals surface area contributed by atoms with Crippen molar-refractivity contribution in [2.24, 2.45) is 0 Å². The molecule has 0 fully saturated rings. The van der Waals surface area contributed by atoms with E-state index in [2.05, 4.69) is 85.4 Å². The summed E-state index contributed by atoms with van der Waals surface area (Å²) >= 11 is 0. The molecule has 0 atom stereocenters. The Bertz CT molecular complexity index is 2760. The van der Waals surface area contributed by atoms with Crippen LogP contribution in [0.1, 0.15) is 30.5 Å². The summed E-state index contributed by atoms with van der Waals surface area (Å²) < 4.78 is 0. The number of nitriles is 1. The van der Waals surface area contributed by atoms with E-state index >= 15 is 0 Å². The minimum atomic E-state index is -0.420. The third kappa shape index (κ3) is 5.42. The van der Waals surface area contributed by atoms with Crippen molar-refractivity contribution < 1.29 is 0 Å². The van der Waals surface area contributed by atoms with Crippen molar-refractivity contribution in [2.75, 3.05) is 0 Å². The lowest BCUT2D eigenvalue weighted by Crippen LogP contribution is -2.15. The average molecular weight is 679 g/mol. The predicted molar refractivity (Wildman–Crippen MR) is 211 cm³/mol. The highest BCUT2D eigenvalue weighted by Gasteiger charge is 2.37. The molecule has 0 radical (unpaired) electrons. The van der Waals surface area contributed by atoms with Gasteiger partial charge in [-0.25, -0.2) is 19.8 Å². The molecule has 1 aliphatic rings. The third-order valence-electron chi connectivity index (χ3n) is 10.2. The van der Waals surface area contributed by atoms with Crippen LogP contribution in [0, 0.1) is 17.9 Å². The van der Waals surface area contributed by atoms with Crippen LogP contribution in [0.3, 0.4) is 0 Å². The van der Waals surface area contributed by atoms with Gasteiger partial charge in [0.15, 0.2) is 23.2 Å². The molecule has 0 aliphatic heterocycles. The number of para-hydroxylation sites is 1. The molecular formula is C47H30N6. The quantitative estimate of drug-likeness (QED) is 0.169. The molecule has 0 spiro atoms. The van der Waals surface area contributed by atoms with Gasteiger partial charge in [0.1, 0.15) is 0 Å². The lowest BCUT2D eigenvalue weighted by molar-refractivity contribution is 0.660. The van der Waals surface area contributed by atoms with Crippen molar-refractivity contribution >= 4 is 16.6 Å². The van der Waals surface area contributed by atoms with E-state index in [4.69, 9.17) is 26.5 Å². The van der Waals surface area contributed by atoms with Gasteiger partial charge >= 0.3 is 0 Å². The van der Waals surface area contributed by atoms with Crippen LogP contribution in [-0.4, -0.2) is 19.9 Å². The maximum Gasteiger partial charge on any atom is 0.196 e. The fourth-order valence-electron chi connectivity index (χ4n) is 7.51. The van der Waals surface area contributed by atoms with Crippen LogP contribution < -0.4 is 0 Å². The standard InChI is InChI=1S/C47H30N6/c1-47(2)39-27-33(19-20-38(39)42-40(47)22-29(28-48)23-41(42)49-3)34-24-35(37-18-10-16-30-17-11-21-50-43(30)37)26-36(25-34)46-52-44(31-12-6-4-7-13-31)51-45(53-46)32-14-8-5-9-15-32/h4-27H,1-2H3. The molecule has 0 bridgehead atoms. The summed E-state index contributed by atoms with van der Waals surface area (Å²) in [7, 11) is 0. The van der Waals surface area contributed by atoms with Crippen molar-refractivity contribution in [1.29, 1.82) is 5.26 Å². The molecule has 8 aromatic rings. The maximum atomic E-state index is 9.77. The zero-order valence-corrected chi connectivity index (χ0v) is 29.0. The van der Waals surface area contributed by atoms with Gasteiger partial charge in [0.05, 0.1) is 18.2 Å². The molecule has 6 heteroatoms. The lowest BCUT2D eigenvalue weighted by Gasteiger charge is -2.22. The Kier molecular flexibility index (Phi) is 7.47. The molecule has 0 N–H and O–H groups in total. The fraction of sp³-hybridized carbons (Fsp3) is 0.0638. The van der Waals surface area contributed by atoms with E-state index in [-0.39, 0.29) is 0 Å². The number of hydrogen-bond acceptors (Lipinski definition) is 5. The number of benzene rings is 6. The fourth-order valence-corrected chi connectivity index (χ4v) is 7.51. The van der Waals surface area contributed by atoms with Crippen molar-refractivity contribution in [3.8, 4) is 73.6 Å². The predicted octanol–water partition coefficient (Wildman–Crippen LogP) is 11.5. The summed E-state index contributed by atoms with van der Waals surface area (Å²) in [5, 5.41) is 10.8. The molecule has 2 aromatic heterocycles. The Balaban J connectivity index is 1.28. The molecule has 6 nitrogen and oxygen atoms in total. The van der Waals surface area contributed by atoms with E-state index in [9.17, 15) is 5.26 Å². The van der Waals surface area contributed by atoms with Gasteiger partial charge in [-0.15, -0.1) is 0 Å². The van der Waals surface area contributed by atoms with Gasteiger partial charge in [-0.2, -0.15) is 5.26 Å².